The van der Waals surface area contributed by atoms with Crippen LogP contribution in [0.3, 0.4) is 0 Å². The maximum absolute atomic E-state index is 12.3. The summed E-state index contributed by atoms with van der Waals surface area (Å²) in [5.41, 5.74) is 0. The number of carbonyl (C=O) groups is 2. The molecule has 120 valence electrons. The zero-order chi connectivity index (χ0) is 15.1. The number of rotatable bonds is 7. The van der Waals surface area contributed by atoms with Gasteiger partial charge in [0, 0.05) is 25.9 Å². The van der Waals surface area contributed by atoms with Gasteiger partial charge in [0.05, 0.1) is 0 Å². The summed E-state index contributed by atoms with van der Waals surface area (Å²) >= 11 is 0. The summed E-state index contributed by atoms with van der Waals surface area (Å²) in [5.74, 6) is 0.805. The summed E-state index contributed by atoms with van der Waals surface area (Å²) < 4.78 is 0. The second kappa shape index (κ2) is 8.40. The molecule has 2 fully saturated rings. The maximum atomic E-state index is 12.3. The molecule has 0 aromatic carbocycles. The van der Waals surface area contributed by atoms with E-state index in [4.69, 9.17) is 5.11 Å². The van der Waals surface area contributed by atoms with Gasteiger partial charge in [-0.05, 0) is 43.9 Å². The SMILES string of the molecule is O=C(O)CCC1CCCN(C(=O)CCCC2CCCC2)C1. The standard InChI is InChI=1S/C17H29NO3/c19-16(9-3-7-14-5-1-2-6-14)18-12-4-8-15(13-18)10-11-17(20)21/h14-15H,1-13H2,(H,20,21). The fourth-order valence-corrected chi connectivity index (χ4v) is 3.85. The third-order valence-corrected chi connectivity index (χ3v) is 5.12. The topological polar surface area (TPSA) is 57.6 Å². The first-order valence-corrected chi connectivity index (χ1v) is 8.64. The van der Waals surface area contributed by atoms with Crippen molar-refractivity contribution in [1.82, 2.24) is 4.90 Å². The van der Waals surface area contributed by atoms with Crippen LogP contribution < -0.4 is 0 Å². The fourth-order valence-electron chi connectivity index (χ4n) is 3.85. The van der Waals surface area contributed by atoms with E-state index < -0.39 is 5.97 Å². The summed E-state index contributed by atoms with van der Waals surface area (Å²) in [5, 5.41) is 8.76. The van der Waals surface area contributed by atoms with E-state index in [-0.39, 0.29) is 12.3 Å². The van der Waals surface area contributed by atoms with Gasteiger partial charge in [0.1, 0.15) is 0 Å². The van der Waals surface area contributed by atoms with Gasteiger partial charge >= 0.3 is 5.97 Å². The van der Waals surface area contributed by atoms with Gasteiger partial charge in [-0.3, -0.25) is 9.59 Å². The van der Waals surface area contributed by atoms with Crippen LogP contribution in [-0.2, 0) is 9.59 Å². The largest absolute Gasteiger partial charge is 0.481 e. The zero-order valence-electron chi connectivity index (χ0n) is 13.1. The number of carboxylic acids is 1. The van der Waals surface area contributed by atoms with E-state index in [1.165, 1.54) is 32.1 Å². The highest BCUT2D eigenvalue weighted by Crippen LogP contribution is 2.29. The number of amides is 1. The van der Waals surface area contributed by atoms with Crippen molar-refractivity contribution in [3.8, 4) is 0 Å². The summed E-state index contributed by atoms with van der Waals surface area (Å²) in [6.45, 7) is 1.64. The van der Waals surface area contributed by atoms with Crippen molar-refractivity contribution in [2.75, 3.05) is 13.1 Å². The Hall–Kier alpha value is -1.06. The second-order valence-electron chi connectivity index (χ2n) is 6.82. The Labute approximate surface area is 127 Å². The van der Waals surface area contributed by atoms with Crippen molar-refractivity contribution in [2.45, 2.75) is 70.6 Å². The van der Waals surface area contributed by atoms with Crippen LogP contribution in [0, 0.1) is 11.8 Å². The van der Waals surface area contributed by atoms with Crippen LogP contribution in [0.25, 0.3) is 0 Å². The van der Waals surface area contributed by atoms with Crippen LogP contribution in [0.5, 0.6) is 0 Å². The van der Waals surface area contributed by atoms with Crippen molar-refractivity contribution in [3.63, 3.8) is 0 Å². The lowest BCUT2D eigenvalue weighted by Gasteiger charge is -2.32. The quantitative estimate of drug-likeness (QED) is 0.782. The highest BCUT2D eigenvalue weighted by atomic mass is 16.4. The molecule has 0 aromatic heterocycles. The number of hydrogen-bond acceptors (Lipinski definition) is 2. The molecule has 1 N–H and O–H groups in total. The van der Waals surface area contributed by atoms with E-state index >= 15 is 0 Å². The van der Waals surface area contributed by atoms with E-state index in [0.29, 0.717) is 18.8 Å². The number of hydrogen-bond donors (Lipinski definition) is 1. The number of likely N-dealkylation sites (tertiary alicyclic amines) is 1. The molecule has 21 heavy (non-hydrogen) atoms. The van der Waals surface area contributed by atoms with Gasteiger partial charge in [-0.25, -0.2) is 0 Å². The summed E-state index contributed by atoms with van der Waals surface area (Å²) in [4.78, 5) is 24.9. The van der Waals surface area contributed by atoms with Crippen LogP contribution in [0.15, 0.2) is 0 Å². The van der Waals surface area contributed by atoms with Gasteiger partial charge in [-0.15, -0.1) is 0 Å². The minimum absolute atomic E-state index is 0.231. The molecule has 1 unspecified atom stereocenters. The smallest absolute Gasteiger partial charge is 0.303 e. The monoisotopic (exact) mass is 295 g/mol. The fraction of sp³-hybridized carbons (Fsp3) is 0.882. The Balaban J connectivity index is 1.64. The second-order valence-corrected chi connectivity index (χ2v) is 6.82. The minimum atomic E-state index is -0.727. The average Bonchev–Trinajstić information content (AvgIpc) is 2.98. The Morgan fingerprint density at radius 1 is 0.952 bits per heavy atom. The molecule has 4 heteroatoms. The highest BCUT2D eigenvalue weighted by molar-refractivity contribution is 5.76. The van der Waals surface area contributed by atoms with Crippen LogP contribution in [0.1, 0.15) is 70.6 Å². The average molecular weight is 295 g/mol. The van der Waals surface area contributed by atoms with Crippen LogP contribution in [-0.4, -0.2) is 35.0 Å². The molecule has 2 rings (SSSR count). The molecule has 1 atom stereocenters. The van der Waals surface area contributed by atoms with Crippen LogP contribution >= 0.6 is 0 Å². The van der Waals surface area contributed by atoms with Crippen LogP contribution in [0.2, 0.25) is 0 Å². The molecule has 1 saturated carbocycles. The number of aliphatic carboxylic acids is 1. The first-order chi connectivity index (χ1) is 10.1. The molecule has 1 amide bonds. The Bertz CT molecular complexity index is 350. The summed E-state index contributed by atoms with van der Waals surface area (Å²) in [6.07, 6.45) is 11.4. The maximum Gasteiger partial charge on any atom is 0.303 e. The molecular weight excluding hydrogens is 266 g/mol. The summed E-state index contributed by atoms with van der Waals surface area (Å²) in [6, 6.07) is 0. The third-order valence-electron chi connectivity index (χ3n) is 5.12. The molecule has 0 bridgehead atoms. The lowest BCUT2D eigenvalue weighted by molar-refractivity contribution is -0.137. The molecule has 0 radical (unpaired) electrons. The van der Waals surface area contributed by atoms with Crippen molar-refractivity contribution in [1.29, 1.82) is 0 Å². The number of carboxylic acid groups (broad SMARTS) is 1. The van der Waals surface area contributed by atoms with E-state index in [2.05, 4.69) is 0 Å². The predicted octanol–water partition coefficient (Wildman–Crippen LogP) is 3.45. The Morgan fingerprint density at radius 3 is 2.38 bits per heavy atom. The van der Waals surface area contributed by atoms with Crippen molar-refractivity contribution < 1.29 is 14.7 Å². The first-order valence-electron chi connectivity index (χ1n) is 8.64. The van der Waals surface area contributed by atoms with Gasteiger partial charge in [0.2, 0.25) is 5.91 Å². The number of carbonyl (C=O) groups excluding carboxylic acids is 1. The molecule has 0 spiro atoms. The molecular formula is C17H29NO3. The molecule has 1 saturated heterocycles. The zero-order valence-corrected chi connectivity index (χ0v) is 13.1. The Kier molecular flexibility index (Phi) is 6.52. The van der Waals surface area contributed by atoms with Gasteiger partial charge in [-0.2, -0.15) is 0 Å². The number of nitrogens with zero attached hydrogens (tertiary/aromatic N) is 1. The van der Waals surface area contributed by atoms with Crippen molar-refractivity contribution in [2.24, 2.45) is 11.8 Å². The van der Waals surface area contributed by atoms with Crippen molar-refractivity contribution in [3.05, 3.63) is 0 Å². The highest BCUT2D eigenvalue weighted by Gasteiger charge is 2.24. The van der Waals surface area contributed by atoms with E-state index in [0.717, 1.165) is 38.3 Å². The van der Waals surface area contributed by atoms with E-state index in [9.17, 15) is 9.59 Å². The van der Waals surface area contributed by atoms with Gasteiger partial charge in [0.15, 0.2) is 0 Å². The normalized spacial score (nSPS) is 23.4. The van der Waals surface area contributed by atoms with E-state index in [1.54, 1.807) is 0 Å². The Morgan fingerprint density at radius 2 is 1.67 bits per heavy atom. The first kappa shape index (κ1) is 16.3. The van der Waals surface area contributed by atoms with Gasteiger partial charge in [-0.1, -0.05) is 25.7 Å². The molecule has 1 aliphatic heterocycles. The number of piperidine rings is 1. The minimum Gasteiger partial charge on any atom is -0.481 e. The lowest BCUT2D eigenvalue weighted by Crippen LogP contribution is -2.40. The van der Waals surface area contributed by atoms with Gasteiger partial charge < -0.3 is 10.0 Å². The van der Waals surface area contributed by atoms with E-state index in [1.807, 2.05) is 4.90 Å². The molecule has 1 heterocycles. The molecule has 2 aliphatic rings. The molecule has 0 aromatic rings. The van der Waals surface area contributed by atoms with Crippen molar-refractivity contribution >= 4 is 11.9 Å². The predicted molar refractivity (Wildman–Crippen MR) is 82.0 cm³/mol. The third kappa shape index (κ3) is 5.68. The van der Waals surface area contributed by atoms with Gasteiger partial charge in [0.25, 0.3) is 0 Å². The lowest BCUT2D eigenvalue weighted by atomic mass is 9.93. The van der Waals surface area contributed by atoms with Crippen LogP contribution in [0.4, 0.5) is 0 Å². The molecule has 4 nitrogen and oxygen atoms in total. The summed E-state index contributed by atoms with van der Waals surface area (Å²) in [7, 11) is 0. The molecule has 1 aliphatic carbocycles.